The lowest BCUT2D eigenvalue weighted by molar-refractivity contribution is -0.148. The van der Waals surface area contributed by atoms with E-state index in [1.807, 2.05) is 38.1 Å². The number of amides is 1. The van der Waals surface area contributed by atoms with Gasteiger partial charge in [-0.15, -0.1) is 0 Å². The summed E-state index contributed by atoms with van der Waals surface area (Å²) < 4.78 is 10.7. The molecule has 0 radical (unpaired) electrons. The third kappa shape index (κ3) is 6.15. The third-order valence-electron chi connectivity index (χ3n) is 3.74. The zero-order valence-electron chi connectivity index (χ0n) is 15.5. The van der Waals surface area contributed by atoms with Crippen LogP contribution in [0.25, 0.3) is 6.08 Å². The molecule has 0 aromatic heterocycles. The molecule has 0 aliphatic rings. The highest BCUT2D eigenvalue weighted by Crippen LogP contribution is 2.21. The van der Waals surface area contributed by atoms with Gasteiger partial charge in [0, 0.05) is 22.3 Å². The standard InChI is InChI=1S/C21H22ClNO4/c1-4-26-19-8-6-5-7-16(19)10-12-20(24)27-15(3)21(25)23-18-13-17(22)11-9-14(18)2/h5-13,15H,4H2,1-3H3,(H,23,25)/b12-10+/t15-/m0/s1. The van der Waals surface area contributed by atoms with Gasteiger partial charge in [0.2, 0.25) is 0 Å². The Bertz CT molecular complexity index is 848. The summed E-state index contributed by atoms with van der Waals surface area (Å²) in [7, 11) is 0. The van der Waals surface area contributed by atoms with Crippen molar-refractivity contribution in [2.45, 2.75) is 26.9 Å². The maximum Gasteiger partial charge on any atom is 0.331 e. The first-order valence-electron chi connectivity index (χ1n) is 8.58. The number of esters is 1. The second-order valence-corrected chi connectivity index (χ2v) is 6.27. The fourth-order valence-electron chi connectivity index (χ4n) is 2.29. The van der Waals surface area contributed by atoms with Crippen molar-refractivity contribution in [3.05, 3.63) is 64.7 Å². The van der Waals surface area contributed by atoms with Gasteiger partial charge in [-0.05, 0) is 50.6 Å². The Labute approximate surface area is 163 Å². The molecular weight excluding hydrogens is 366 g/mol. The fraction of sp³-hybridized carbons (Fsp3) is 0.238. The summed E-state index contributed by atoms with van der Waals surface area (Å²) in [5.74, 6) is -0.380. The number of benzene rings is 2. The first kappa shape index (κ1) is 20.5. The predicted molar refractivity (Wildman–Crippen MR) is 107 cm³/mol. The van der Waals surface area contributed by atoms with Crippen LogP contribution < -0.4 is 10.1 Å². The number of carbonyl (C=O) groups is 2. The molecule has 2 aromatic carbocycles. The second-order valence-electron chi connectivity index (χ2n) is 5.83. The van der Waals surface area contributed by atoms with Gasteiger partial charge in [-0.2, -0.15) is 0 Å². The van der Waals surface area contributed by atoms with Gasteiger partial charge < -0.3 is 14.8 Å². The van der Waals surface area contributed by atoms with E-state index in [0.29, 0.717) is 23.1 Å². The van der Waals surface area contributed by atoms with Gasteiger partial charge in [-0.3, -0.25) is 4.79 Å². The number of hydrogen-bond acceptors (Lipinski definition) is 4. The molecule has 6 heteroatoms. The normalized spacial score (nSPS) is 11.9. The molecule has 0 bridgehead atoms. The van der Waals surface area contributed by atoms with Crippen molar-refractivity contribution in [1.29, 1.82) is 0 Å². The Morgan fingerprint density at radius 1 is 1.22 bits per heavy atom. The first-order valence-corrected chi connectivity index (χ1v) is 8.96. The van der Waals surface area contributed by atoms with Crippen LogP contribution in [0.1, 0.15) is 25.0 Å². The Morgan fingerprint density at radius 2 is 1.96 bits per heavy atom. The van der Waals surface area contributed by atoms with E-state index in [1.54, 1.807) is 24.3 Å². The number of nitrogens with one attached hydrogen (secondary N) is 1. The summed E-state index contributed by atoms with van der Waals surface area (Å²) in [5, 5.41) is 3.22. The SMILES string of the molecule is CCOc1ccccc1/C=C/C(=O)O[C@@H](C)C(=O)Nc1cc(Cl)ccc1C. The highest BCUT2D eigenvalue weighted by molar-refractivity contribution is 6.31. The average molecular weight is 388 g/mol. The lowest BCUT2D eigenvalue weighted by atomic mass is 10.2. The topological polar surface area (TPSA) is 64.6 Å². The molecule has 0 spiro atoms. The van der Waals surface area contributed by atoms with E-state index in [4.69, 9.17) is 21.1 Å². The van der Waals surface area contributed by atoms with Crippen LogP contribution in [0.2, 0.25) is 5.02 Å². The van der Waals surface area contributed by atoms with Crippen molar-refractivity contribution in [3.8, 4) is 5.75 Å². The number of aryl methyl sites for hydroxylation is 1. The largest absolute Gasteiger partial charge is 0.493 e. The highest BCUT2D eigenvalue weighted by Gasteiger charge is 2.17. The average Bonchev–Trinajstić information content (AvgIpc) is 2.64. The maximum absolute atomic E-state index is 12.2. The Hall–Kier alpha value is -2.79. The lowest BCUT2D eigenvalue weighted by Crippen LogP contribution is -2.29. The number of hydrogen-bond donors (Lipinski definition) is 1. The summed E-state index contributed by atoms with van der Waals surface area (Å²) in [6.45, 7) is 5.77. The minimum atomic E-state index is -0.956. The number of rotatable bonds is 7. The van der Waals surface area contributed by atoms with Crippen LogP contribution in [0.4, 0.5) is 5.69 Å². The Kier molecular flexibility index (Phi) is 7.44. The van der Waals surface area contributed by atoms with Crippen LogP contribution in [0.5, 0.6) is 5.75 Å². The molecule has 0 unspecified atom stereocenters. The molecule has 0 heterocycles. The number of halogens is 1. The van der Waals surface area contributed by atoms with Crippen LogP contribution in [0, 0.1) is 6.92 Å². The Balaban J connectivity index is 1.96. The van der Waals surface area contributed by atoms with E-state index >= 15 is 0 Å². The van der Waals surface area contributed by atoms with E-state index in [2.05, 4.69) is 5.32 Å². The molecule has 2 aromatic rings. The Morgan fingerprint density at radius 3 is 2.70 bits per heavy atom. The molecule has 1 atom stereocenters. The van der Waals surface area contributed by atoms with Crippen LogP contribution in [-0.2, 0) is 14.3 Å². The van der Waals surface area contributed by atoms with Crippen LogP contribution in [0.3, 0.4) is 0 Å². The van der Waals surface area contributed by atoms with Gasteiger partial charge >= 0.3 is 5.97 Å². The monoisotopic (exact) mass is 387 g/mol. The van der Waals surface area contributed by atoms with Gasteiger partial charge in [-0.25, -0.2) is 4.79 Å². The van der Waals surface area contributed by atoms with Gasteiger partial charge in [0.25, 0.3) is 5.91 Å². The molecule has 2 rings (SSSR count). The molecule has 0 fully saturated rings. The molecule has 27 heavy (non-hydrogen) atoms. The molecule has 1 N–H and O–H groups in total. The van der Waals surface area contributed by atoms with Gasteiger partial charge in [-0.1, -0.05) is 35.9 Å². The predicted octanol–water partition coefficient (Wildman–Crippen LogP) is 4.63. The van der Waals surface area contributed by atoms with Crippen molar-refractivity contribution in [2.75, 3.05) is 11.9 Å². The summed E-state index contributed by atoms with van der Waals surface area (Å²) in [4.78, 5) is 24.3. The zero-order chi connectivity index (χ0) is 19.8. The summed E-state index contributed by atoms with van der Waals surface area (Å²) >= 11 is 5.94. The van der Waals surface area contributed by atoms with Crippen molar-refractivity contribution in [2.24, 2.45) is 0 Å². The van der Waals surface area contributed by atoms with Crippen LogP contribution in [-0.4, -0.2) is 24.6 Å². The minimum absolute atomic E-state index is 0.433. The molecule has 0 saturated heterocycles. The highest BCUT2D eigenvalue weighted by atomic mass is 35.5. The number of ether oxygens (including phenoxy) is 2. The maximum atomic E-state index is 12.2. The van der Waals surface area contributed by atoms with Gasteiger partial charge in [0.1, 0.15) is 5.75 Å². The summed E-state index contributed by atoms with van der Waals surface area (Å²) in [6, 6.07) is 12.5. The van der Waals surface area contributed by atoms with Crippen molar-refractivity contribution >= 4 is 35.2 Å². The number of anilines is 1. The van der Waals surface area contributed by atoms with E-state index in [0.717, 1.165) is 11.1 Å². The van der Waals surface area contributed by atoms with E-state index < -0.39 is 18.0 Å². The van der Waals surface area contributed by atoms with E-state index in [9.17, 15) is 9.59 Å². The molecule has 5 nitrogen and oxygen atoms in total. The van der Waals surface area contributed by atoms with Gasteiger partial charge in [0.15, 0.2) is 6.10 Å². The first-order chi connectivity index (χ1) is 12.9. The fourth-order valence-corrected chi connectivity index (χ4v) is 2.47. The summed E-state index contributed by atoms with van der Waals surface area (Å²) in [6.07, 6.45) is 1.91. The lowest BCUT2D eigenvalue weighted by Gasteiger charge is -2.14. The zero-order valence-corrected chi connectivity index (χ0v) is 16.2. The smallest absolute Gasteiger partial charge is 0.331 e. The molecular formula is C21H22ClNO4. The van der Waals surface area contributed by atoms with E-state index in [-0.39, 0.29) is 0 Å². The van der Waals surface area contributed by atoms with Crippen LogP contribution >= 0.6 is 11.6 Å². The van der Waals surface area contributed by atoms with Crippen LogP contribution in [0.15, 0.2) is 48.5 Å². The van der Waals surface area contributed by atoms with Crippen molar-refractivity contribution < 1.29 is 19.1 Å². The molecule has 0 aliphatic carbocycles. The molecule has 0 saturated carbocycles. The van der Waals surface area contributed by atoms with E-state index in [1.165, 1.54) is 13.0 Å². The van der Waals surface area contributed by atoms with Crippen molar-refractivity contribution in [3.63, 3.8) is 0 Å². The summed E-state index contributed by atoms with van der Waals surface area (Å²) in [5.41, 5.74) is 2.19. The van der Waals surface area contributed by atoms with Gasteiger partial charge in [0.05, 0.1) is 6.61 Å². The van der Waals surface area contributed by atoms with Crippen molar-refractivity contribution in [1.82, 2.24) is 0 Å². The third-order valence-corrected chi connectivity index (χ3v) is 3.97. The minimum Gasteiger partial charge on any atom is -0.493 e. The molecule has 142 valence electrons. The number of carbonyl (C=O) groups excluding carboxylic acids is 2. The number of para-hydroxylation sites is 1. The second kappa shape index (κ2) is 9.78. The molecule has 0 aliphatic heterocycles. The molecule has 1 amide bonds. The quantitative estimate of drug-likeness (QED) is 0.555.